The Morgan fingerprint density at radius 2 is 1.94 bits per heavy atom. The van der Waals surface area contributed by atoms with E-state index in [4.69, 9.17) is 0 Å². The Morgan fingerprint density at radius 1 is 1.39 bits per heavy atom. The summed E-state index contributed by atoms with van der Waals surface area (Å²) in [5, 5.41) is 9.40. The van der Waals surface area contributed by atoms with Crippen molar-refractivity contribution in [2.75, 3.05) is 35.3 Å². The molecule has 100 valence electrons. The van der Waals surface area contributed by atoms with Crippen molar-refractivity contribution in [2.45, 2.75) is 0 Å². The highest BCUT2D eigenvalue weighted by Crippen LogP contribution is 2.10. The van der Waals surface area contributed by atoms with Gasteiger partial charge in [-0.25, -0.2) is 9.37 Å². The summed E-state index contributed by atoms with van der Waals surface area (Å²) in [7, 11) is 8.71. The van der Waals surface area contributed by atoms with Gasteiger partial charge in [-0.1, -0.05) is 6.58 Å². The Hall–Kier alpha value is -2.04. The van der Waals surface area contributed by atoms with E-state index in [-0.39, 0.29) is 11.3 Å². The molecule has 0 aromatic heterocycles. The lowest BCUT2D eigenvalue weighted by atomic mass is 10.1. The van der Waals surface area contributed by atoms with Gasteiger partial charge < -0.3 is 14.7 Å². The highest BCUT2D eigenvalue weighted by Gasteiger charge is 2.13. The number of carbonyl (C=O) groups is 1. The van der Waals surface area contributed by atoms with E-state index >= 15 is 0 Å². The Bertz CT molecular complexity index is 414. The van der Waals surface area contributed by atoms with Crippen LogP contribution in [0.3, 0.4) is 0 Å². The summed E-state index contributed by atoms with van der Waals surface area (Å²) in [5.74, 6) is -0.946. The maximum atomic E-state index is 11.5. The molecule has 0 radical (unpaired) electrons. The van der Waals surface area contributed by atoms with Crippen LogP contribution in [0.15, 0.2) is 35.8 Å². The highest BCUT2D eigenvalue weighted by atomic mass is 16.5. The molecular formula is C13H21N2O3+. The van der Waals surface area contributed by atoms with Gasteiger partial charge >= 0.3 is 5.97 Å². The number of carbonyl (C=O) groups excluding carboxylic acids is 1. The molecule has 0 bridgehead atoms. The van der Waals surface area contributed by atoms with Gasteiger partial charge in [0, 0.05) is 20.3 Å². The molecule has 0 rings (SSSR count). The minimum atomic E-state index is -0.626. The minimum Gasteiger partial charge on any atom is -0.508 e. The van der Waals surface area contributed by atoms with E-state index < -0.39 is 5.97 Å². The van der Waals surface area contributed by atoms with Crippen LogP contribution in [0.5, 0.6) is 0 Å². The van der Waals surface area contributed by atoms with Gasteiger partial charge in [-0.15, -0.1) is 0 Å². The molecule has 0 aromatic carbocycles. The fourth-order valence-electron chi connectivity index (χ4n) is 1.24. The second-order valence-electron chi connectivity index (χ2n) is 4.18. The molecule has 1 N–H and O–H groups in total. The van der Waals surface area contributed by atoms with Crippen molar-refractivity contribution in [3.8, 4) is 0 Å². The molecule has 0 spiro atoms. The molecule has 0 fully saturated rings. The lowest BCUT2D eigenvalue weighted by molar-refractivity contribution is -0.458. The lowest BCUT2D eigenvalue weighted by Gasteiger charge is -2.07. The van der Waals surface area contributed by atoms with Gasteiger partial charge in [0.15, 0.2) is 6.21 Å². The second kappa shape index (κ2) is 7.32. The van der Waals surface area contributed by atoms with Crippen molar-refractivity contribution in [3.63, 3.8) is 0 Å². The smallest absolute Gasteiger partial charge is 0.341 e. The number of nitrogens with zero attached hydrogens (tertiary/aromatic N) is 2. The van der Waals surface area contributed by atoms with E-state index in [1.54, 1.807) is 0 Å². The number of esters is 1. The summed E-state index contributed by atoms with van der Waals surface area (Å²) in [5.41, 5.74) is 0.768. The number of ether oxygens (including phenoxy) is 1. The average molecular weight is 253 g/mol. The van der Waals surface area contributed by atoms with Gasteiger partial charge in [0.2, 0.25) is 0 Å². The highest BCUT2D eigenvalue weighted by molar-refractivity contribution is 5.95. The molecule has 0 saturated carbocycles. The summed E-state index contributed by atoms with van der Waals surface area (Å²) in [4.78, 5) is 13.3. The van der Waals surface area contributed by atoms with Crippen LogP contribution in [0.4, 0.5) is 0 Å². The zero-order valence-electron chi connectivity index (χ0n) is 11.6. The van der Waals surface area contributed by atoms with E-state index in [2.05, 4.69) is 11.3 Å². The van der Waals surface area contributed by atoms with Crippen molar-refractivity contribution in [1.29, 1.82) is 0 Å². The number of rotatable bonds is 5. The maximum absolute atomic E-state index is 11.5. The van der Waals surface area contributed by atoms with Crippen LogP contribution >= 0.6 is 0 Å². The number of hydrogen-bond donors (Lipinski definition) is 1. The third-order valence-electron chi connectivity index (χ3n) is 1.84. The van der Waals surface area contributed by atoms with Crippen LogP contribution in [-0.4, -0.2) is 62.1 Å². The maximum Gasteiger partial charge on any atom is 0.341 e. The number of aliphatic hydroxyl groups excluding tert-OH is 1. The van der Waals surface area contributed by atoms with Crippen LogP contribution in [0.2, 0.25) is 0 Å². The van der Waals surface area contributed by atoms with E-state index in [1.807, 2.05) is 50.1 Å². The third-order valence-corrected chi connectivity index (χ3v) is 1.84. The van der Waals surface area contributed by atoms with Crippen LogP contribution in [0.1, 0.15) is 0 Å². The van der Waals surface area contributed by atoms with Gasteiger partial charge in [0.1, 0.15) is 25.4 Å². The van der Waals surface area contributed by atoms with Gasteiger partial charge in [0.05, 0.1) is 12.7 Å². The lowest BCUT2D eigenvalue weighted by Crippen LogP contribution is -2.10. The number of methoxy groups -OCH3 is 1. The van der Waals surface area contributed by atoms with Gasteiger partial charge in [-0.2, -0.15) is 0 Å². The fourth-order valence-corrected chi connectivity index (χ4v) is 1.24. The molecule has 0 aliphatic carbocycles. The second-order valence-corrected chi connectivity index (χ2v) is 4.18. The van der Waals surface area contributed by atoms with E-state index in [0.717, 1.165) is 5.57 Å². The SMILES string of the molecule is C=C(O)/C(=C\C(=CN(C)C)C=[N+](C)C)C(=O)OC. The Balaban J connectivity index is 5.56. The van der Waals surface area contributed by atoms with Gasteiger partial charge in [-0.3, -0.25) is 0 Å². The molecular weight excluding hydrogens is 232 g/mol. The monoisotopic (exact) mass is 253 g/mol. The Morgan fingerprint density at radius 3 is 2.28 bits per heavy atom. The van der Waals surface area contributed by atoms with Crippen molar-refractivity contribution < 1.29 is 19.2 Å². The number of allylic oxidation sites excluding steroid dienone is 2. The molecule has 0 atom stereocenters. The zero-order valence-corrected chi connectivity index (χ0v) is 11.6. The molecule has 0 aliphatic heterocycles. The van der Waals surface area contributed by atoms with Gasteiger partial charge in [0.25, 0.3) is 0 Å². The van der Waals surface area contributed by atoms with E-state index in [9.17, 15) is 9.90 Å². The molecule has 0 saturated heterocycles. The standard InChI is InChI=1S/C13H20N2O3/c1-10(16)12(13(17)18-6)7-11(8-14(2)3)9-15(4)5/h7-9H,1H2,2-6H3/p+1/b12-7+. The first-order valence-electron chi connectivity index (χ1n) is 5.35. The van der Waals surface area contributed by atoms with Crippen molar-refractivity contribution in [3.05, 3.63) is 35.8 Å². The molecule has 0 heterocycles. The van der Waals surface area contributed by atoms with Crippen LogP contribution in [-0.2, 0) is 9.53 Å². The van der Waals surface area contributed by atoms with Crippen molar-refractivity contribution in [1.82, 2.24) is 4.90 Å². The van der Waals surface area contributed by atoms with E-state index in [1.165, 1.54) is 13.2 Å². The first-order chi connectivity index (χ1) is 8.27. The first-order valence-corrected chi connectivity index (χ1v) is 5.35. The van der Waals surface area contributed by atoms with Crippen molar-refractivity contribution in [2.24, 2.45) is 0 Å². The summed E-state index contributed by atoms with van der Waals surface area (Å²) in [6, 6.07) is 0. The molecule has 0 aliphatic rings. The third kappa shape index (κ3) is 5.89. The largest absolute Gasteiger partial charge is 0.508 e. The Kier molecular flexibility index (Phi) is 6.49. The molecule has 5 nitrogen and oxygen atoms in total. The average Bonchev–Trinajstić information content (AvgIpc) is 2.22. The quantitative estimate of drug-likeness (QED) is 0.198. The predicted molar refractivity (Wildman–Crippen MR) is 71.8 cm³/mol. The van der Waals surface area contributed by atoms with E-state index in [0.29, 0.717) is 0 Å². The van der Waals surface area contributed by atoms with Gasteiger partial charge in [-0.05, 0) is 6.08 Å². The first kappa shape index (κ1) is 16.0. The summed E-state index contributed by atoms with van der Waals surface area (Å²) in [6.07, 6.45) is 5.14. The molecule has 18 heavy (non-hydrogen) atoms. The molecule has 5 heteroatoms. The molecule has 0 amide bonds. The molecule has 0 unspecified atom stereocenters. The summed E-state index contributed by atoms with van der Waals surface area (Å²) >= 11 is 0. The normalized spacial score (nSPS) is 11.8. The van der Waals surface area contributed by atoms with Crippen LogP contribution < -0.4 is 0 Å². The minimum absolute atomic E-state index is 0.0312. The zero-order chi connectivity index (χ0) is 14.3. The molecule has 0 aromatic rings. The van der Waals surface area contributed by atoms with Crippen LogP contribution in [0, 0.1) is 0 Å². The number of aliphatic hydroxyl groups is 1. The van der Waals surface area contributed by atoms with Crippen molar-refractivity contribution >= 4 is 12.2 Å². The number of hydrogen-bond acceptors (Lipinski definition) is 4. The Labute approximate surface area is 108 Å². The summed E-state index contributed by atoms with van der Waals surface area (Å²) in [6.45, 7) is 3.35. The predicted octanol–water partition coefficient (Wildman–Crippen LogP) is 0.946. The summed E-state index contributed by atoms with van der Waals surface area (Å²) < 4.78 is 6.42. The topological polar surface area (TPSA) is 52.8 Å². The fraction of sp³-hybridized carbons (Fsp3) is 0.385. The van der Waals surface area contributed by atoms with Crippen LogP contribution in [0.25, 0.3) is 0 Å².